The van der Waals surface area contributed by atoms with Crippen LogP contribution in [-0.4, -0.2) is 0 Å². The third kappa shape index (κ3) is 3.49. The molecule has 0 unspecified atom stereocenters. The molecule has 0 atom stereocenters. The molecule has 0 amide bonds. The molecule has 0 saturated heterocycles. The molecular formula is C32H44N2. The van der Waals surface area contributed by atoms with Gasteiger partial charge in [0.1, 0.15) is 0 Å². The van der Waals surface area contributed by atoms with Crippen LogP contribution in [-0.2, 0) is 0 Å². The van der Waals surface area contributed by atoms with Gasteiger partial charge in [0.2, 0.25) is 0 Å². The van der Waals surface area contributed by atoms with Gasteiger partial charge in [-0.2, -0.15) is 0 Å². The Labute approximate surface area is 207 Å². The number of hydrogen-bond acceptors (Lipinski definition) is 2. The lowest BCUT2D eigenvalue weighted by Crippen LogP contribution is -2.48. The molecule has 0 aliphatic heterocycles. The van der Waals surface area contributed by atoms with E-state index in [1.807, 2.05) is 0 Å². The molecular weight excluding hydrogens is 412 g/mol. The second-order valence-electron chi connectivity index (χ2n) is 13.6. The van der Waals surface area contributed by atoms with Gasteiger partial charge in [-0.1, -0.05) is 12.2 Å². The quantitative estimate of drug-likeness (QED) is 0.447. The molecule has 0 spiro atoms. The summed E-state index contributed by atoms with van der Waals surface area (Å²) in [5, 5.41) is 7.81. The van der Waals surface area contributed by atoms with Crippen LogP contribution in [0.2, 0.25) is 0 Å². The van der Waals surface area contributed by atoms with Crippen LogP contribution in [0, 0.1) is 46.3 Å². The summed E-state index contributed by atoms with van der Waals surface area (Å²) in [6, 6.07) is 9.22. The third-order valence-electron chi connectivity index (χ3n) is 11.2. The molecule has 2 heteroatoms. The lowest BCUT2D eigenvalue weighted by molar-refractivity contribution is -0.0299. The molecule has 9 rings (SSSR count). The van der Waals surface area contributed by atoms with E-state index in [0.29, 0.717) is 10.8 Å². The van der Waals surface area contributed by atoms with E-state index in [4.69, 9.17) is 0 Å². The highest BCUT2D eigenvalue weighted by Gasteiger charge is 2.53. The van der Waals surface area contributed by atoms with Crippen molar-refractivity contribution >= 4 is 11.4 Å². The molecule has 8 fully saturated rings. The first-order chi connectivity index (χ1) is 16.5. The van der Waals surface area contributed by atoms with Gasteiger partial charge in [-0.25, -0.2) is 0 Å². The number of nitrogens with one attached hydrogen (secondary N) is 2. The average Bonchev–Trinajstić information content (AvgIpc) is 2.80. The fourth-order valence-corrected chi connectivity index (χ4v) is 10.9. The monoisotopic (exact) mass is 456 g/mol. The Morgan fingerprint density at radius 3 is 1.06 bits per heavy atom. The molecule has 0 heterocycles. The van der Waals surface area contributed by atoms with Gasteiger partial charge in [0.05, 0.1) is 0 Å². The van der Waals surface area contributed by atoms with Gasteiger partial charge in [-0.05, 0) is 151 Å². The number of benzene rings is 1. The summed E-state index contributed by atoms with van der Waals surface area (Å²) in [6.07, 6.45) is 22.3. The van der Waals surface area contributed by atoms with Crippen molar-refractivity contribution < 1.29 is 0 Å². The lowest BCUT2D eigenvalue weighted by Gasteiger charge is -2.57. The zero-order chi connectivity index (χ0) is 22.9. The molecule has 8 saturated carbocycles. The van der Waals surface area contributed by atoms with Gasteiger partial charge in [0.15, 0.2) is 0 Å². The minimum absolute atomic E-state index is 0.428. The van der Waals surface area contributed by atoms with Gasteiger partial charge in [0, 0.05) is 33.6 Å². The number of anilines is 2. The maximum atomic E-state index is 3.91. The minimum Gasteiger partial charge on any atom is -0.359 e. The zero-order valence-electron chi connectivity index (χ0n) is 21.4. The van der Waals surface area contributed by atoms with E-state index in [9.17, 15) is 0 Å². The van der Waals surface area contributed by atoms with Crippen molar-refractivity contribution in [3.05, 3.63) is 47.8 Å². The fraction of sp³-hybridized carbons (Fsp3) is 0.688. The van der Waals surface area contributed by atoms with Crippen molar-refractivity contribution in [2.45, 2.75) is 90.9 Å². The topological polar surface area (TPSA) is 24.1 Å². The van der Waals surface area contributed by atoms with Crippen LogP contribution >= 0.6 is 0 Å². The van der Waals surface area contributed by atoms with E-state index in [1.165, 1.54) is 99.8 Å². The highest BCUT2D eigenvalue weighted by molar-refractivity contribution is 5.59. The van der Waals surface area contributed by atoms with Crippen molar-refractivity contribution in [1.82, 2.24) is 0 Å². The predicted molar refractivity (Wildman–Crippen MR) is 142 cm³/mol. The van der Waals surface area contributed by atoms with E-state index in [1.54, 1.807) is 0 Å². The Morgan fingerprint density at radius 1 is 0.559 bits per heavy atom. The van der Waals surface area contributed by atoms with Crippen LogP contribution in [0.5, 0.6) is 0 Å². The molecule has 2 nitrogen and oxygen atoms in total. The van der Waals surface area contributed by atoms with Gasteiger partial charge in [-0.3, -0.25) is 0 Å². The summed E-state index contributed by atoms with van der Waals surface area (Å²) in [4.78, 5) is 0. The van der Waals surface area contributed by atoms with Crippen LogP contribution in [0.1, 0.15) is 90.9 Å². The predicted octanol–water partition coefficient (Wildman–Crippen LogP) is 8.75. The van der Waals surface area contributed by atoms with Gasteiger partial charge in [0.25, 0.3) is 0 Å². The smallest absolute Gasteiger partial charge is 0.0383 e. The van der Waals surface area contributed by atoms with Crippen LogP contribution in [0.15, 0.2) is 47.8 Å². The highest BCUT2D eigenvalue weighted by Crippen LogP contribution is 2.63. The maximum absolute atomic E-state index is 3.91. The van der Waals surface area contributed by atoms with Crippen molar-refractivity contribution in [2.75, 3.05) is 10.6 Å². The van der Waals surface area contributed by atoms with E-state index < -0.39 is 0 Å². The SMILES string of the molecule is C/C=C(\Nc1ccc(N/C(=C\C)C23CC4CC(CC(C4)C2)C3)cc1)C12CC3CC(CC(C3)C1)C2. The first-order valence-electron chi connectivity index (χ1n) is 14.5. The van der Waals surface area contributed by atoms with Gasteiger partial charge >= 0.3 is 0 Å². The molecule has 0 radical (unpaired) electrons. The Balaban J connectivity index is 1.06. The Morgan fingerprint density at radius 2 is 0.824 bits per heavy atom. The van der Waals surface area contributed by atoms with Crippen molar-refractivity contribution in [3.63, 3.8) is 0 Å². The first kappa shape index (κ1) is 21.6. The zero-order valence-corrected chi connectivity index (χ0v) is 21.4. The molecule has 34 heavy (non-hydrogen) atoms. The van der Waals surface area contributed by atoms with Crippen LogP contribution in [0.3, 0.4) is 0 Å². The van der Waals surface area contributed by atoms with Crippen molar-refractivity contribution in [2.24, 2.45) is 46.3 Å². The molecule has 1 aromatic rings. The summed E-state index contributed by atoms with van der Waals surface area (Å²) in [6.45, 7) is 4.50. The normalized spacial score (nSPS) is 44.5. The summed E-state index contributed by atoms with van der Waals surface area (Å²) >= 11 is 0. The van der Waals surface area contributed by atoms with E-state index in [-0.39, 0.29) is 0 Å². The van der Waals surface area contributed by atoms with Gasteiger partial charge in [-0.15, -0.1) is 0 Å². The van der Waals surface area contributed by atoms with Crippen LogP contribution < -0.4 is 10.6 Å². The Bertz CT molecular complexity index is 845. The van der Waals surface area contributed by atoms with E-state index >= 15 is 0 Å². The Kier molecular flexibility index (Phi) is 5.01. The average molecular weight is 457 g/mol. The van der Waals surface area contributed by atoms with Crippen LogP contribution in [0.25, 0.3) is 0 Å². The first-order valence-corrected chi connectivity index (χ1v) is 14.5. The number of hydrogen-bond donors (Lipinski definition) is 2. The molecule has 1 aromatic carbocycles. The molecule has 8 bridgehead atoms. The third-order valence-corrected chi connectivity index (χ3v) is 11.2. The molecule has 8 aliphatic carbocycles. The summed E-state index contributed by atoms with van der Waals surface area (Å²) in [5.41, 5.74) is 6.39. The Hall–Kier alpha value is -1.70. The second-order valence-corrected chi connectivity index (χ2v) is 13.6. The summed E-state index contributed by atoms with van der Waals surface area (Å²) < 4.78 is 0. The molecule has 2 N–H and O–H groups in total. The largest absolute Gasteiger partial charge is 0.359 e. The van der Waals surface area contributed by atoms with E-state index in [2.05, 4.69) is 60.9 Å². The van der Waals surface area contributed by atoms with Crippen molar-refractivity contribution in [1.29, 1.82) is 0 Å². The van der Waals surface area contributed by atoms with E-state index in [0.717, 1.165) is 35.5 Å². The minimum atomic E-state index is 0.428. The number of allylic oxidation sites excluding steroid dienone is 4. The molecule has 182 valence electrons. The fourth-order valence-electron chi connectivity index (χ4n) is 10.9. The standard InChI is InChI=1S/C32H44N2/c1-3-29(31-15-21-9-22(16-31)11-23(10-21)17-31)33-27-5-7-28(8-6-27)34-30(4-2)32-18-24-12-25(19-32)14-26(13-24)20-32/h3-8,21-26,33-34H,9-20H2,1-2H3/b29-3-,30-4-. The number of rotatable bonds is 6. The van der Waals surface area contributed by atoms with Crippen molar-refractivity contribution in [3.8, 4) is 0 Å². The second kappa shape index (κ2) is 7.90. The molecule has 8 aliphatic rings. The summed E-state index contributed by atoms with van der Waals surface area (Å²) in [7, 11) is 0. The molecule has 0 aromatic heterocycles. The highest BCUT2D eigenvalue weighted by atomic mass is 14.9. The maximum Gasteiger partial charge on any atom is 0.0383 e. The lowest BCUT2D eigenvalue weighted by atomic mass is 9.48. The van der Waals surface area contributed by atoms with Crippen LogP contribution in [0.4, 0.5) is 11.4 Å². The van der Waals surface area contributed by atoms with Gasteiger partial charge < -0.3 is 10.6 Å². The summed E-state index contributed by atoms with van der Waals surface area (Å²) in [5.74, 6) is 5.91.